The summed E-state index contributed by atoms with van der Waals surface area (Å²) in [7, 11) is 0. The molecule has 0 aliphatic heterocycles. The summed E-state index contributed by atoms with van der Waals surface area (Å²) >= 11 is 0. The lowest BCUT2D eigenvalue weighted by Crippen LogP contribution is -2.31. The van der Waals surface area contributed by atoms with Crippen LogP contribution in [0.1, 0.15) is 79.6 Å². The van der Waals surface area contributed by atoms with Crippen molar-refractivity contribution in [2.24, 2.45) is 5.92 Å². The van der Waals surface area contributed by atoms with Crippen LogP contribution in [0.5, 0.6) is 0 Å². The van der Waals surface area contributed by atoms with Crippen molar-refractivity contribution in [2.75, 3.05) is 19.6 Å². The summed E-state index contributed by atoms with van der Waals surface area (Å²) in [5.74, 6) is 0.970. The van der Waals surface area contributed by atoms with Crippen LogP contribution in [0, 0.1) is 5.92 Å². The molecule has 1 nitrogen and oxygen atoms in total. The fourth-order valence-electron chi connectivity index (χ4n) is 2.90. The fourth-order valence-corrected chi connectivity index (χ4v) is 2.90. The molecule has 0 amide bonds. The molecule has 0 aromatic heterocycles. The Morgan fingerprint density at radius 2 is 1.76 bits per heavy atom. The number of allylic oxidation sites excluding steroid dienone is 3. The van der Waals surface area contributed by atoms with E-state index >= 15 is 0 Å². The average Bonchev–Trinajstić information content (AvgIpc) is 2.54. The number of hydrogen-bond donors (Lipinski definition) is 0. The first-order valence-corrected chi connectivity index (χ1v) is 9.30. The molecule has 1 aliphatic carbocycles. The second-order valence-electron chi connectivity index (χ2n) is 6.00. The Labute approximate surface area is 134 Å². The summed E-state index contributed by atoms with van der Waals surface area (Å²) in [5, 5.41) is 0. The van der Waals surface area contributed by atoms with Gasteiger partial charge in [0.1, 0.15) is 0 Å². The lowest BCUT2D eigenvalue weighted by Gasteiger charge is -2.29. The first kappa shape index (κ1) is 20.4. The van der Waals surface area contributed by atoms with Crippen molar-refractivity contribution in [3.63, 3.8) is 0 Å². The Kier molecular flexibility index (Phi) is 14.0. The topological polar surface area (TPSA) is 3.24 Å². The summed E-state index contributed by atoms with van der Waals surface area (Å²) < 4.78 is 0. The van der Waals surface area contributed by atoms with Crippen molar-refractivity contribution in [2.45, 2.75) is 79.6 Å². The second kappa shape index (κ2) is 14.4. The summed E-state index contributed by atoms with van der Waals surface area (Å²) in [6.07, 6.45) is 16.4. The predicted octanol–water partition coefficient (Wildman–Crippen LogP) is 6.22. The lowest BCUT2D eigenvalue weighted by molar-refractivity contribution is 0.210. The predicted molar refractivity (Wildman–Crippen MR) is 97.8 cm³/mol. The molecule has 0 radical (unpaired) electrons. The zero-order valence-corrected chi connectivity index (χ0v) is 15.3. The molecule has 124 valence electrons. The van der Waals surface area contributed by atoms with E-state index in [-0.39, 0.29) is 0 Å². The SMILES string of the molecule is CC.CC/C=C\C=C(/C)CCN(CC)CC1CCCCC1. The molecule has 1 saturated carbocycles. The molecule has 1 rings (SSSR count). The monoisotopic (exact) mass is 293 g/mol. The molecule has 0 unspecified atom stereocenters. The average molecular weight is 294 g/mol. The van der Waals surface area contributed by atoms with Crippen molar-refractivity contribution >= 4 is 0 Å². The highest BCUT2D eigenvalue weighted by molar-refractivity contribution is 5.10. The van der Waals surface area contributed by atoms with Gasteiger partial charge in [-0.3, -0.25) is 0 Å². The van der Waals surface area contributed by atoms with E-state index in [0.717, 1.165) is 12.3 Å². The minimum absolute atomic E-state index is 0.970. The molecule has 1 fully saturated rings. The zero-order chi connectivity index (χ0) is 15.9. The zero-order valence-electron chi connectivity index (χ0n) is 15.3. The number of nitrogens with zero attached hydrogens (tertiary/aromatic N) is 1. The largest absolute Gasteiger partial charge is 0.303 e. The highest BCUT2D eigenvalue weighted by atomic mass is 15.1. The molecular formula is C20H39N. The van der Waals surface area contributed by atoms with E-state index in [1.807, 2.05) is 13.8 Å². The van der Waals surface area contributed by atoms with Gasteiger partial charge >= 0.3 is 0 Å². The van der Waals surface area contributed by atoms with E-state index in [2.05, 4.69) is 43.9 Å². The normalized spacial score (nSPS) is 17.1. The highest BCUT2D eigenvalue weighted by Crippen LogP contribution is 2.24. The Morgan fingerprint density at radius 1 is 1.10 bits per heavy atom. The van der Waals surface area contributed by atoms with Crippen molar-refractivity contribution < 1.29 is 0 Å². The molecule has 0 aromatic carbocycles. The van der Waals surface area contributed by atoms with E-state index in [1.165, 1.54) is 63.7 Å². The third-order valence-corrected chi connectivity index (χ3v) is 4.26. The van der Waals surface area contributed by atoms with Gasteiger partial charge in [-0.25, -0.2) is 0 Å². The fraction of sp³-hybridized carbons (Fsp3) is 0.800. The Morgan fingerprint density at radius 3 is 2.33 bits per heavy atom. The summed E-state index contributed by atoms with van der Waals surface area (Å²) in [5.41, 5.74) is 1.51. The van der Waals surface area contributed by atoms with E-state index in [9.17, 15) is 0 Å². The minimum atomic E-state index is 0.970. The van der Waals surface area contributed by atoms with Crippen LogP contribution in [0.4, 0.5) is 0 Å². The van der Waals surface area contributed by atoms with Gasteiger partial charge in [0.15, 0.2) is 0 Å². The van der Waals surface area contributed by atoms with Gasteiger partial charge in [-0.15, -0.1) is 0 Å². The van der Waals surface area contributed by atoms with Crippen molar-refractivity contribution in [1.82, 2.24) is 4.90 Å². The smallest absolute Gasteiger partial charge is 0.00186 e. The molecular weight excluding hydrogens is 254 g/mol. The van der Waals surface area contributed by atoms with Crippen LogP contribution < -0.4 is 0 Å². The van der Waals surface area contributed by atoms with Crippen LogP contribution in [-0.2, 0) is 0 Å². The van der Waals surface area contributed by atoms with Gasteiger partial charge in [0.05, 0.1) is 0 Å². The van der Waals surface area contributed by atoms with Crippen LogP contribution in [0.15, 0.2) is 23.8 Å². The molecule has 0 spiro atoms. The van der Waals surface area contributed by atoms with Gasteiger partial charge in [-0.2, -0.15) is 0 Å². The Balaban J connectivity index is 0.00000191. The summed E-state index contributed by atoms with van der Waals surface area (Å²) in [6.45, 7) is 14.5. The molecule has 21 heavy (non-hydrogen) atoms. The van der Waals surface area contributed by atoms with Gasteiger partial charge in [-0.1, -0.05) is 70.8 Å². The molecule has 0 heterocycles. The minimum Gasteiger partial charge on any atom is -0.303 e. The van der Waals surface area contributed by atoms with Gasteiger partial charge in [0.25, 0.3) is 0 Å². The van der Waals surface area contributed by atoms with Gasteiger partial charge in [0, 0.05) is 13.1 Å². The molecule has 1 heteroatoms. The van der Waals surface area contributed by atoms with Gasteiger partial charge in [0.2, 0.25) is 0 Å². The lowest BCUT2D eigenvalue weighted by atomic mass is 9.89. The van der Waals surface area contributed by atoms with Gasteiger partial charge in [-0.05, 0) is 45.1 Å². The standard InChI is InChI=1S/C18H33N.C2H6/c1-4-6-8-11-17(3)14-15-19(5-2)16-18-12-9-7-10-13-18;1-2/h6,8,11,18H,4-5,7,9-10,12-16H2,1-3H3;1-2H3/b8-6-,17-11+;. The molecule has 0 atom stereocenters. The van der Waals surface area contributed by atoms with Crippen LogP contribution in [-0.4, -0.2) is 24.5 Å². The second-order valence-corrected chi connectivity index (χ2v) is 6.00. The van der Waals surface area contributed by atoms with Crippen LogP contribution in [0.25, 0.3) is 0 Å². The first-order chi connectivity index (χ1) is 10.3. The third-order valence-electron chi connectivity index (χ3n) is 4.26. The maximum atomic E-state index is 2.65. The third kappa shape index (κ3) is 10.8. The molecule has 0 N–H and O–H groups in total. The van der Waals surface area contributed by atoms with Crippen molar-refractivity contribution in [3.8, 4) is 0 Å². The molecule has 0 bridgehead atoms. The molecule has 1 aliphatic rings. The van der Waals surface area contributed by atoms with E-state index < -0.39 is 0 Å². The summed E-state index contributed by atoms with van der Waals surface area (Å²) in [4.78, 5) is 2.65. The van der Waals surface area contributed by atoms with Crippen molar-refractivity contribution in [1.29, 1.82) is 0 Å². The number of hydrogen-bond acceptors (Lipinski definition) is 1. The Bertz CT molecular complexity index is 272. The molecule has 0 saturated heterocycles. The van der Waals surface area contributed by atoms with E-state index in [4.69, 9.17) is 0 Å². The highest BCUT2D eigenvalue weighted by Gasteiger charge is 2.16. The van der Waals surface area contributed by atoms with E-state index in [1.54, 1.807) is 0 Å². The van der Waals surface area contributed by atoms with Gasteiger partial charge < -0.3 is 4.90 Å². The maximum absolute atomic E-state index is 2.65. The van der Waals surface area contributed by atoms with E-state index in [0.29, 0.717) is 0 Å². The van der Waals surface area contributed by atoms with Crippen LogP contribution in [0.2, 0.25) is 0 Å². The first-order valence-electron chi connectivity index (χ1n) is 9.30. The summed E-state index contributed by atoms with van der Waals surface area (Å²) in [6, 6.07) is 0. The van der Waals surface area contributed by atoms with Crippen LogP contribution >= 0.6 is 0 Å². The molecule has 0 aromatic rings. The quantitative estimate of drug-likeness (QED) is 0.480. The van der Waals surface area contributed by atoms with Crippen LogP contribution in [0.3, 0.4) is 0 Å². The maximum Gasteiger partial charge on any atom is 0.00186 e. The van der Waals surface area contributed by atoms with Crippen molar-refractivity contribution in [3.05, 3.63) is 23.8 Å². The Hall–Kier alpha value is -0.560. The number of rotatable bonds is 8.